The zero-order chi connectivity index (χ0) is 18.4. The second-order valence-corrected chi connectivity index (χ2v) is 7.32. The van der Waals surface area contributed by atoms with Crippen LogP contribution in [0.4, 0.5) is 0 Å². The number of aromatic nitrogens is 4. The van der Waals surface area contributed by atoms with E-state index >= 15 is 0 Å². The Morgan fingerprint density at radius 2 is 2.07 bits per heavy atom. The summed E-state index contributed by atoms with van der Waals surface area (Å²) < 4.78 is 1.87. The number of carbonyl (C=O) groups excluding carboxylic acids is 1. The van der Waals surface area contributed by atoms with Crippen LogP contribution in [0.5, 0.6) is 0 Å². The number of pyridine rings is 2. The van der Waals surface area contributed by atoms with Crippen LogP contribution in [0.1, 0.15) is 28.5 Å². The first-order chi connectivity index (χ1) is 13.2. The molecule has 7 nitrogen and oxygen atoms in total. The average molecular weight is 361 g/mol. The average Bonchev–Trinajstić information content (AvgIpc) is 3.19. The fourth-order valence-corrected chi connectivity index (χ4v) is 4.33. The Bertz CT molecular complexity index is 1060. The number of likely N-dealkylation sites (tertiary alicyclic amines) is 1. The van der Waals surface area contributed by atoms with E-state index < -0.39 is 0 Å². The van der Waals surface area contributed by atoms with Crippen LogP contribution in [0, 0.1) is 5.92 Å². The van der Waals surface area contributed by atoms with Gasteiger partial charge in [-0.15, -0.1) is 0 Å². The van der Waals surface area contributed by atoms with E-state index in [2.05, 4.69) is 15.2 Å². The highest BCUT2D eigenvalue weighted by atomic mass is 16.2. The summed E-state index contributed by atoms with van der Waals surface area (Å²) >= 11 is 0. The zero-order valence-electron chi connectivity index (χ0n) is 14.7. The summed E-state index contributed by atoms with van der Waals surface area (Å²) in [5.41, 5.74) is 3.16. The highest BCUT2D eigenvalue weighted by molar-refractivity contribution is 5.93. The van der Waals surface area contributed by atoms with Gasteiger partial charge in [0.05, 0.1) is 5.69 Å². The number of rotatable bonds is 2. The van der Waals surface area contributed by atoms with Crippen LogP contribution in [-0.2, 0) is 6.54 Å². The van der Waals surface area contributed by atoms with Gasteiger partial charge in [-0.2, -0.15) is 5.10 Å². The van der Waals surface area contributed by atoms with Crippen LogP contribution < -0.4 is 5.56 Å². The number of fused-ring (bicyclic) bond motifs is 4. The van der Waals surface area contributed by atoms with Gasteiger partial charge in [-0.1, -0.05) is 6.07 Å². The van der Waals surface area contributed by atoms with Gasteiger partial charge in [0.1, 0.15) is 5.69 Å². The number of piperidine rings is 1. The van der Waals surface area contributed by atoms with Crippen molar-refractivity contribution in [1.29, 1.82) is 0 Å². The van der Waals surface area contributed by atoms with Crippen LogP contribution in [0.3, 0.4) is 0 Å². The molecule has 5 rings (SSSR count). The molecular formula is C20H19N5O2. The van der Waals surface area contributed by atoms with Crippen molar-refractivity contribution in [3.05, 3.63) is 70.5 Å². The number of amides is 1. The van der Waals surface area contributed by atoms with Gasteiger partial charge >= 0.3 is 0 Å². The quantitative estimate of drug-likeness (QED) is 0.755. The lowest BCUT2D eigenvalue weighted by molar-refractivity contribution is 0.0588. The number of nitrogens with zero attached hydrogens (tertiary/aromatic N) is 4. The molecule has 0 radical (unpaired) electrons. The van der Waals surface area contributed by atoms with Crippen LogP contribution in [0.2, 0.25) is 0 Å². The van der Waals surface area contributed by atoms with E-state index in [4.69, 9.17) is 0 Å². The van der Waals surface area contributed by atoms with Crippen LogP contribution in [0.25, 0.3) is 11.3 Å². The summed E-state index contributed by atoms with van der Waals surface area (Å²) in [6.45, 7) is 1.97. The first-order valence-electron chi connectivity index (χ1n) is 9.14. The van der Waals surface area contributed by atoms with Crippen molar-refractivity contribution in [2.24, 2.45) is 5.92 Å². The first kappa shape index (κ1) is 16.0. The topological polar surface area (TPSA) is 83.9 Å². The maximum absolute atomic E-state index is 13.0. The smallest absolute Gasteiger partial charge is 0.271 e. The van der Waals surface area contributed by atoms with Crippen molar-refractivity contribution in [3.8, 4) is 11.3 Å². The summed E-state index contributed by atoms with van der Waals surface area (Å²) in [4.78, 5) is 31.1. The first-order valence-corrected chi connectivity index (χ1v) is 9.14. The van der Waals surface area contributed by atoms with E-state index in [1.165, 1.54) is 0 Å². The van der Waals surface area contributed by atoms with Crippen molar-refractivity contribution in [3.63, 3.8) is 0 Å². The number of nitrogens with one attached hydrogen (secondary N) is 1. The monoisotopic (exact) mass is 361 g/mol. The molecule has 0 unspecified atom stereocenters. The zero-order valence-corrected chi connectivity index (χ0v) is 14.7. The summed E-state index contributed by atoms with van der Waals surface area (Å²) in [6, 6.07) is 11.0. The second kappa shape index (κ2) is 6.19. The van der Waals surface area contributed by atoms with E-state index in [1.54, 1.807) is 24.5 Å². The Balaban J connectivity index is 1.40. The largest absolute Gasteiger partial charge is 0.336 e. The van der Waals surface area contributed by atoms with Crippen molar-refractivity contribution in [2.75, 3.05) is 13.1 Å². The molecule has 27 heavy (non-hydrogen) atoms. The van der Waals surface area contributed by atoms with E-state index in [9.17, 15) is 9.59 Å². The Kier molecular flexibility index (Phi) is 3.67. The minimum atomic E-state index is -0.0425. The van der Waals surface area contributed by atoms with Gasteiger partial charge in [-0.25, -0.2) is 0 Å². The molecule has 3 aromatic rings. The van der Waals surface area contributed by atoms with E-state index in [0.29, 0.717) is 36.9 Å². The van der Waals surface area contributed by atoms with Crippen molar-refractivity contribution < 1.29 is 4.79 Å². The number of hydrogen-bond acceptors (Lipinski definition) is 4. The molecule has 0 aromatic carbocycles. The summed E-state index contributed by atoms with van der Waals surface area (Å²) in [6.07, 6.45) is 4.46. The molecule has 0 spiro atoms. The molecule has 0 aliphatic carbocycles. The molecular weight excluding hydrogens is 342 g/mol. The standard InChI is InChI=1S/C20H19N5O2/c26-19-5-1-4-18-15-7-13(11-25(18)19)10-24(12-15)20(27)17-8-16(22-23-17)14-3-2-6-21-9-14/h1-6,8-9,13,15H,7,10-12H2,(H,22,23)/t13-,15+/m1/s1. The van der Waals surface area contributed by atoms with Crippen molar-refractivity contribution in [1.82, 2.24) is 24.6 Å². The van der Waals surface area contributed by atoms with Gasteiger partial charge in [0.2, 0.25) is 0 Å². The molecule has 1 amide bonds. The molecule has 136 valence electrons. The predicted octanol–water partition coefficient (Wildman–Crippen LogP) is 1.89. The van der Waals surface area contributed by atoms with Crippen molar-refractivity contribution in [2.45, 2.75) is 18.9 Å². The van der Waals surface area contributed by atoms with Crippen molar-refractivity contribution >= 4 is 5.91 Å². The van der Waals surface area contributed by atoms with Gasteiger partial charge in [0, 0.05) is 55.3 Å². The minimum absolute atomic E-state index is 0.0425. The molecule has 7 heteroatoms. The van der Waals surface area contributed by atoms with E-state index in [0.717, 1.165) is 17.7 Å². The highest BCUT2D eigenvalue weighted by Gasteiger charge is 2.36. The molecule has 5 heterocycles. The van der Waals surface area contributed by atoms with E-state index in [1.807, 2.05) is 33.7 Å². The lowest BCUT2D eigenvalue weighted by Crippen LogP contribution is -2.49. The van der Waals surface area contributed by atoms with Crippen LogP contribution in [0.15, 0.2) is 53.6 Å². The number of hydrogen-bond donors (Lipinski definition) is 1. The Morgan fingerprint density at radius 1 is 1.15 bits per heavy atom. The molecule has 2 aliphatic heterocycles. The number of carbonyl (C=O) groups is 1. The summed E-state index contributed by atoms with van der Waals surface area (Å²) in [5.74, 6) is 0.469. The van der Waals surface area contributed by atoms with Gasteiger partial charge in [0.15, 0.2) is 0 Å². The van der Waals surface area contributed by atoms with Crippen LogP contribution in [-0.4, -0.2) is 43.6 Å². The van der Waals surface area contributed by atoms with Gasteiger partial charge < -0.3 is 9.47 Å². The predicted molar refractivity (Wildman–Crippen MR) is 99.3 cm³/mol. The molecule has 1 fully saturated rings. The molecule has 2 atom stereocenters. The lowest BCUT2D eigenvalue weighted by atomic mass is 9.83. The van der Waals surface area contributed by atoms with E-state index in [-0.39, 0.29) is 17.4 Å². The third kappa shape index (κ3) is 2.75. The third-order valence-corrected chi connectivity index (χ3v) is 5.53. The second-order valence-electron chi connectivity index (χ2n) is 7.32. The molecule has 0 saturated carbocycles. The Hall–Kier alpha value is -3.22. The van der Waals surface area contributed by atoms with Gasteiger partial charge in [-0.3, -0.25) is 19.7 Å². The Morgan fingerprint density at radius 3 is 2.93 bits per heavy atom. The molecule has 1 saturated heterocycles. The normalized spacial score (nSPS) is 21.0. The van der Waals surface area contributed by atoms with Crippen LogP contribution >= 0.6 is 0 Å². The third-order valence-electron chi connectivity index (χ3n) is 5.53. The molecule has 1 N–H and O–H groups in total. The van der Waals surface area contributed by atoms with Gasteiger partial charge in [0.25, 0.3) is 11.5 Å². The molecule has 2 bridgehead atoms. The number of H-pyrrole nitrogens is 1. The SMILES string of the molecule is O=C(c1cc(-c2cccnc2)n[nH]1)N1C[C@H]2C[C@@H](C1)c1cccc(=O)n1C2. The summed E-state index contributed by atoms with van der Waals surface area (Å²) in [7, 11) is 0. The fraction of sp³-hybridized carbons (Fsp3) is 0.300. The lowest BCUT2D eigenvalue weighted by Gasteiger charge is -2.42. The maximum Gasteiger partial charge on any atom is 0.271 e. The Labute approximate surface area is 155 Å². The molecule has 2 aliphatic rings. The number of aromatic amines is 1. The highest BCUT2D eigenvalue weighted by Crippen LogP contribution is 2.35. The maximum atomic E-state index is 13.0. The van der Waals surface area contributed by atoms with Gasteiger partial charge in [-0.05, 0) is 36.6 Å². The minimum Gasteiger partial charge on any atom is -0.336 e. The molecule has 3 aromatic heterocycles. The fourth-order valence-electron chi connectivity index (χ4n) is 4.33. The summed E-state index contributed by atoms with van der Waals surface area (Å²) in [5, 5.41) is 7.14.